The number of amides is 2. The number of anilines is 2. The van der Waals surface area contributed by atoms with Crippen LogP contribution in [0.4, 0.5) is 11.4 Å². The summed E-state index contributed by atoms with van der Waals surface area (Å²) >= 11 is 1.48. The second kappa shape index (κ2) is 6.97. The number of thioether (sulfide) groups is 1. The summed E-state index contributed by atoms with van der Waals surface area (Å²) in [6.45, 7) is 3.67. The van der Waals surface area contributed by atoms with Crippen LogP contribution < -0.4 is 15.4 Å². The number of carbonyl (C=O) groups excluding carboxylic acids is 2. The van der Waals surface area contributed by atoms with Gasteiger partial charge in [-0.1, -0.05) is 12.1 Å². The van der Waals surface area contributed by atoms with Crippen molar-refractivity contribution in [2.45, 2.75) is 24.8 Å². The molecule has 1 aliphatic rings. The molecule has 3 rings (SSSR count). The van der Waals surface area contributed by atoms with E-state index in [4.69, 9.17) is 4.74 Å². The van der Waals surface area contributed by atoms with E-state index < -0.39 is 6.10 Å². The van der Waals surface area contributed by atoms with Crippen LogP contribution in [0.15, 0.2) is 47.4 Å². The average Bonchev–Trinajstić information content (AvgIpc) is 2.54. The maximum atomic E-state index is 12.3. The molecule has 2 aromatic rings. The number of hydrogen-bond acceptors (Lipinski definition) is 4. The molecule has 2 aromatic carbocycles. The number of nitrogens with one attached hydrogen (secondary N) is 2. The smallest absolute Gasteiger partial charge is 0.265 e. The van der Waals surface area contributed by atoms with Crippen LogP contribution in [0, 0.1) is 6.92 Å². The molecule has 2 amide bonds. The number of aryl methyl sites for hydroxylation is 1. The SMILES string of the molecule is Cc1cccc(OC(C)C(=O)Nc2ccc3c(c2)NC(=O)CS3)c1. The molecule has 1 unspecified atom stereocenters. The summed E-state index contributed by atoms with van der Waals surface area (Å²) in [6.07, 6.45) is -0.633. The van der Waals surface area contributed by atoms with Gasteiger partial charge in [-0.15, -0.1) is 11.8 Å². The van der Waals surface area contributed by atoms with Gasteiger partial charge >= 0.3 is 0 Å². The van der Waals surface area contributed by atoms with E-state index in [1.807, 2.05) is 43.3 Å². The van der Waals surface area contributed by atoms with Crippen molar-refractivity contribution in [2.24, 2.45) is 0 Å². The lowest BCUT2D eigenvalue weighted by Crippen LogP contribution is -2.30. The Morgan fingerprint density at radius 3 is 2.92 bits per heavy atom. The van der Waals surface area contributed by atoms with Gasteiger partial charge in [0.25, 0.3) is 5.91 Å². The van der Waals surface area contributed by atoms with Crippen LogP contribution in [0.25, 0.3) is 0 Å². The van der Waals surface area contributed by atoms with E-state index in [0.717, 1.165) is 16.1 Å². The minimum Gasteiger partial charge on any atom is -0.481 e. The Balaban J connectivity index is 1.66. The summed E-state index contributed by atoms with van der Waals surface area (Å²) in [5.74, 6) is 0.796. The monoisotopic (exact) mass is 342 g/mol. The Hall–Kier alpha value is -2.47. The third-order valence-corrected chi connectivity index (χ3v) is 4.63. The molecule has 24 heavy (non-hydrogen) atoms. The normalized spacial score (nSPS) is 14.3. The predicted molar refractivity (Wildman–Crippen MR) is 95.7 cm³/mol. The van der Waals surface area contributed by atoms with E-state index in [-0.39, 0.29) is 11.8 Å². The van der Waals surface area contributed by atoms with E-state index >= 15 is 0 Å². The summed E-state index contributed by atoms with van der Waals surface area (Å²) < 4.78 is 5.67. The van der Waals surface area contributed by atoms with Crippen molar-refractivity contribution in [1.82, 2.24) is 0 Å². The topological polar surface area (TPSA) is 67.4 Å². The molecule has 0 radical (unpaired) electrons. The maximum Gasteiger partial charge on any atom is 0.265 e. The fourth-order valence-corrected chi connectivity index (χ4v) is 3.14. The van der Waals surface area contributed by atoms with Gasteiger partial charge in [0.15, 0.2) is 6.10 Å². The van der Waals surface area contributed by atoms with Gasteiger partial charge in [-0.3, -0.25) is 9.59 Å². The highest BCUT2D eigenvalue weighted by Gasteiger charge is 2.18. The fourth-order valence-electron chi connectivity index (χ4n) is 2.35. The molecule has 0 saturated heterocycles. The Kier molecular flexibility index (Phi) is 4.76. The zero-order valence-electron chi connectivity index (χ0n) is 13.5. The van der Waals surface area contributed by atoms with Gasteiger partial charge in [0.1, 0.15) is 5.75 Å². The Labute approximate surface area is 144 Å². The number of benzene rings is 2. The molecule has 0 saturated carbocycles. The second-order valence-electron chi connectivity index (χ2n) is 5.61. The summed E-state index contributed by atoms with van der Waals surface area (Å²) in [5, 5.41) is 5.62. The Bertz CT molecular complexity index is 792. The van der Waals surface area contributed by atoms with Gasteiger partial charge in [-0.2, -0.15) is 0 Å². The van der Waals surface area contributed by atoms with Crippen LogP contribution in [0.1, 0.15) is 12.5 Å². The maximum absolute atomic E-state index is 12.3. The molecule has 0 aliphatic carbocycles. The van der Waals surface area contributed by atoms with Crippen molar-refractivity contribution in [3.63, 3.8) is 0 Å². The Morgan fingerprint density at radius 2 is 2.12 bits per heavy atom. The van der Waals surface area contributed by atoms with Crippen molar-refractivity contribution in [3.05, 3.63) is 48.0 Å². The van der Waals surface area contributed by atoms with Gasteiger partial charge in [-0.05, 0) is 49.7 Å². The van der Waals surface area contributed by atoms with Crippen molar-refractivity contribution >= 4 is 35.0 Å². The second-order valence-corrected chi connectivity index (χ2v) is 6.63. The molecule has 0 aromatic heterocycles. The van der Waals surface area contributed by atoms with Crippen molar-refractivity contribution in [2.75, 3.05) is 16.4 Å². The van der Waals surface area contributed by atoms with Crippen molar-refractivity contribution in [3.8, 4) is 5.75 Å². The summed E-state index contributed by atoms with van der Waals surface area (Å²) in [6, 6.07) is 13.0. The quantitative estimate of drug-likeness (QED) is 0.893. The Morgan fingerprint density at radius 1 is 1.29 bits per heavy atom. The zero-order valence-corrected chi connectivity index (χ0v) is 14.3. The van der Waals surface area contributed by atoms with Gasteiger partial charge < -0.3 is 15.4 Å². The lowest BCUT2D eigenvalue weighted by Gasteiger charge is -2.18. The highest BCUT2D eigenvalue weighted by molar-refractivity contribution is 8.00. The third kappa shape index (κ3) is 3.89. The van der Waals surface area contributed by atoms with Gasteiger partial charge in [0, 0.05) is 10.6 Å². The van der Waals surface area contributed by atoms with E-state index in [9.17, 15) is 9.59 Å². The number of fused-ring (bicyclic) bond motifs is 1. The average molecular weight is 342 g/mol. The minimum absolute atomic E-state index is 0.0351. The van der Waals surface area contributed by atoms with Crippen LogP contribution in [-0.4, -0.2) is 23.7 Å². The molecule has 0 spiro atoms. The van der Waals surface area contributed by atoms with Crippen LogP contribution in [0.2, 0.25) is 0 Å². The van der Waals surface area contributed by atoms with Crippen LogP contribution in [0.5, 0.6) is 5.75 Å². The molecule has 1 aliphatic heterocycles. The van der Waals surface area contributed by atoms with E-state index in [2.05, 4.69) is 10.6 Å². The number of carbonyl (C=O) groups is 2. The molecule has 2 N–H and O–H groups in total. The highest BCUT2D eigenvalue weighted by Crippen LogP contribution is 2.33. The molecule has 124 valence electrons. The third-order valence-electron chi connectivity index (χ3n) is 3.55. The largest absolute Gasteiger partial charge is 0.481 e. The summed E-state index contributed by atoms with van der Waals surface area (Å²) in [5.41, 5.74) is 2.42. The zero-order chi connectivity index (χ0) is 17.1. The van der Waals surface area contributed by atoms with Gasteiger partial charge in [0.2, 0.25) is 5.91 Å². The molecule has 1 heterocycles. The molecule has 0 bridgehead atoms. The molecule has 0 fully saturated rings. The summed E-state index contributed by atoms with van der Waals surface area (Å²) in [4.78, 5) is 24.8. The predicted octanol–water partition coefficient (Wildman–Crippen LogP) is 3.45. The highest BCUT2D eigenvalue weighted by atomic mass is 32.2. The molecule has 1 atom stereocenters. The van der Waals surface area contributed by atoms with E-state index in [1.165, 1.54) is 11.8 Å². The van der Waals surface area contributed by atoms with E-state index in [0.29, 0.717) is 17.2 Å². The van der Waals surface area contributed by atoms with Crippen LogP contribution >= 0.6 is 11.8 Å². The van der Waals surface area contributed by atoms with Crippen molar-refractivity contribution < 1.29 is 14.3 Å². The van der Waals surface area contributed by atoms with Crippen molar-refractivity contribution in [1.29, 1.82) is 0 Å². The number of rotatable bonds is 4. The molecular formula is C18H18N2O3S. The van der Waals surface area contributed by atoms with Crippen LogP contribution in [0.3, 0.4) is 0 Å². The molecule has 5 nitrogen and oxygen atoms in total. The first-order valence-corrected chi connectivity index (χ1v) is 8.61. The fraction of sp³-hybridized carbons (Fsp3) is 0.222. The lowest BCUT2D eigenvalue weighted by atomic mass is 10.2. The van der Waals surface area contributed by atoms with Gasteiger partial charge in [0.05, 0.1) is 11.4 Å². The molecular weight excluding hydrogens is 324 g/mol. The first kappa shape index (κ1) is 16.4. The number of ether oxygens (including phenoxy) is 1. The first-order valence-electron chi connectivity index (χ1n) is 7.62. The van der Waals surface area contributed by atoms with Crippen LogP contribution in [-0.2, 0) is 9.59 Å². The van der Waals surface area contributed by atoms with Gasteiger partial charge in [-0.25, -0.2) is 0 Å². The minimum atomic E-state index is -0.633. The number of hydrogen-bond donors (Lipinski definition) is 2. The molecule has 6 heteroatoms. The first-order chi connectivity index (χ1) is 11.5. The standard InChI is InChI=1S/C18H18N2O3S/c1-11-4-3-5-14(8-11)23-12(2)18(22)19-13-6-7-16-15(9-13)20-17(21)10-24-16/h3-9,12H,10H2,1-2H3,(H,19,22)(H,20,21). The van der Waals surface area contributed by atoms with E-state index in [1.54, 1.807) is 13.0 Å². The summed E-state index contributed by atoms with van der Waals surface area (Å²) in [7, 11) is 0. The lowest BCUT2D eigenvalue weighted by molar-refractivity contribution is -0.122.